The van der Waals surface area contributed by atoms with Gasteiger partial charge in [-0.15, -0.1) is 0 Å². The minimum absolute atomic E-state index is 0.128. The fourth-order valence-electron chi connectivity index (χ4n) is 1.48. The summed E-state index contributed by atoms with van der Waals surface area (Å²) in [6.07, 6.45) is 0.702. The van der Waals surface area contributed by atoms with Crippen molar-refractivity contribution >= 4 is 10.0 Å². The highest BCUT2D eigenvalue weighted by Gasteiger charge is 2.22. The van der Waals surface area contributed by atoms with Crippen molar-refractivity contribution in [2.45, 2.75) is 38.3 Å². The summed E-state index contributed by atoms with van der Waals surface area (Å²) < 4.78 is 36.9. The van der Waals surface area contributed by atoms with E-state index >= 15 is 0 Å². The fraction of sp³-hybridized carbons (Fsp3) is 0.417. The van der Waals surface area contributed by atoms with Gasteiger partial charge in [0.25, 0.3) is 10.0 Å². The van der Waals surface area contributed by atoms with E-state index in [1.54, 1.807) is 26.0 Å². The predicted molar refractivity (Wildman–Crippen MR) is 69.0 cm³/mol. The van der Waals surface area contributed by atoms with Gasteiger partial charge in [-0.2, -0.15) is 0 Å². The number of aryl methyl sites for hydroxylation is 1. The maximum absolute atomic E-state index is 12.0. The number of nitrogens with zero attached hydrogens (tertiary/aromatic N) is 1. The Morgan fingerprint density at radius 2 is 2.11 bits per heavy atom. The molecule has 7 heteroatoms. The van der Waals surface area contributed by atoms with Crippen molar-refractivity contribution in [1.82, 2.24) is 9.88 Å². The molecule has 0 fully saturated rings. The average Bonchev–Trinajstić information content (AvgIpc) is 2.96. The van der Waals surface area contributed by atoms with Crippen LogP contribution in [-0.4, -0.2) is 19.6 Å². The third kappa shape index (κ3) is 3.05. The lowest BCUT2D eigenvalue weighted by Gasteiger charge is -2.09. The van der Waals surface area contributed by atoms with Crippen molar-refractivity contribution in [3.63, 3.8) is 0 Å². The monoisotopic (exact) mass is 284 g/mol. The lowest BCUT2D eigenvalue weighted by molar-refractivity contribution is 0.396. The van der Waals surface area contributed by atoms with Crippen LogP contribution in [0.3, 0.4) is 0 Å². The second-order valence-electron chi connectivity index (χ2n) is 4.38. The summed E-state index contributed by atoms with van der Waals surface area (Å²) in [4.78, 5) is 0. The molecule has 1 N–H and O–H groups in total. The summed E-state index contributed by atoms with van der Waals surface area (Å²) in [6.45, 7) is 5.47. The molecule has 19 heavy (non-hydrogen) atoms. The van der Waals surface area contributed by atoms with Gasteiger partial charge in [0.05, 0.1) is 5.69 Å². The van der Waals surface area contributed by atoms with Crippen molar-refractivity contribution in [3.8, 4) is 11.5 Å². The van der Waals surface area contributed by atoms with Gasteiger partial charge in [-0.3, -0.25) is 0 Å². The largest absolute Gasteiger partial charge is 0.440 e. The third-order valence-electron chi connectivity index (χ3n) is 2.69. The highest BCUT2D eigenvalue weighted by atomic mass is 32.2. The molecule has 0 saturated heterocycles. The zero-order valence-corrected chi connectivity index (χ0v) is 11.8. The van der Waals surface area contributed by atoms with Crippen molar-refractivity contribution in [3.05, 3.63) is 23.9 Å². The molecule has 0 unspecified atom stereocenters. The molecule has 0 bridgehead atoms. The number of furan rings is 1. The van der Waals surface area contributed by atoms with Gasteiger partial charge in [0.1, 0.15) is 0 Å². The normalized spacial score (nSPS) is 13.6. The van der Waals surface area contributed by atoms with Crippen LogP contribution in [0, 0.1) is 6.92 Å². The first-order valence-electron chi connectivity index (χ1n) is 5.98. The summed E-state index contributed by atoms with van der Waals surface area (Å²) in [7, 11) is -3.63. The Morgan fingerprint density at radius 3 is 2.68 bits per heavy atom. The minimum Gasteiger partial charge on any atom is -0.440 e. The van der Waals surface area contributed by atoms with Gasteiger partial charge in [0.2, 0.25) is 10.9 Å². The van der Waals surface area contributed by atoms with Crippen LogP contribution in [0.25, 0.3) is 11.5 Å². The molecule has 6 nitrogen and oxygen atoms in total. The van der Waals surface area contributed by atoms with E-state index in [0.29, 0.717) is 23.6 Å². The molecule has 0 amide bonds. The molecule has 2 rings (SSSR count). The Balaban J connectivity index is 2.26. The van der Waals surface area contributed by atoms with E-state index in [0.717, 1.165) is 0 Å². The van der Waals surface area contributed by atoms with Crippen molar-refractivity contribution < 1.29 is 17.4 Å². The topological polar surface area (TPSA) is 85.3 Å². The van der Waals surface area contributed by atoms with E-state index in [-0.39, 0.29) is 11.1 Å². The van der Waals surface area contributed by atoms with Gasteiger partial charge >= 0.3 is 0 Å². The van der Waals surface area contributed by atoms with Crippen molar-refractivity contribution in [1.29, 1.82) is 0 Å². The highest BCUT2D eigenvalue weighted by Crippen LogP contribution is 2.25. The van der Waals surface area contributed by atoms with Crippen LogP contribution in [0.15, 0.2) is 32.2 Å². The molecule has 0 saturated carbocycles. The van der Waals surface area contributed by atoms with Gasteiger partial charge in [-0.05, 0) is 32.4 Å². The van der Waals surface area contributed by atoms with E-state index < -0.39 is 10.0 Å². The van der Waals surface area contributed by atoms with Gasteiger partial charge in [0.15, 0.2) is 5.76 Å². The first kappa shape index (κ1) is 13.8. The van der Waals surface area contributed by atoms with Crippen LogP contribution in [0.1, 0.15) is 26.0 Å². The average molecular weight is 284 g/mol. The Labute approximate surface area is 111 Å². The summed E-state index contributed by atoms with van der Waals surface area (Å²) >= 11 is 0. The molecule has 0 aliphatic heterocycles. The summed E-state index contributed by atoms with van der Waals surface area (Å²) in [6, 6.07) is 4.48. The highest BCUT2D eigenvalue weighted by molar-refractivity contribution is 7.89. The van der Waals surface area contributed by atoms with Gasteiger partial charge in [-0.25, -0.2) is 13.1 Å². The quantitative estimate of drug-likeness (QED) is 0.910. The van der Waals surface area contributed by atoms with Crippen LogP contribution < -0.4 is 4.72 Å². The zero-order valence-electron chi connectivity index (χ0n) is 11.0. The van der Waals surface area contributed by atoms with Crippen LogP contribution in [0.4, 0.5) is 0 Å². The number of nitrogens with one attached hydrogen (secondary N) is 1. The Morgan fingerprint density at radius 1 is 1.37 bits per heavy atom. The summed E-state index contributed by atoms with van der Waals surface area (Å²) in [5, 5.41) is 3.60. The second kappa shape index (κ2) is 5.18. The van der Waals surface area contributed by atoms with Gasteiger partial charge < -0.3 is 8.94 Å². The zero-order chi connectivity index (χ0) is 14.0. The van der Waals surface area contributed by atoms with E-state index in [9.17, 15) is 8.42 Å². The molecular formula is C12H16N2O4S. The predicted octanol–water partition coefficient (Wildman–Crippen LogP) is 2.32. The SMILES string of the molecule is CC[C@H](C)NS(=O)(=O)c1ccc(-c2cc(C)no2)o1. The number of hydrogen-bond donors (Lipinski definition) is 1. The molecule has 2 aromatic rings. The number of rotatable bonds is 5. The first-order valence-corrected chi connectivity index (χ1v) is 7.46. The molecule has 1 atom stereocenters. The van der Waals surface area contributed by atoms with Crippen LogP contribution in [-0.2, 0) is 10.0 Å². The van der Waals surface area contributed by atoms with E-state index in [1.165, 1.54) is 6.07 Å². The van der Waals surface area contributed by atoms with E-state index in [2.05, 4.69) is 9.88 Å². The van der Waals surface area contributed by atoms with Crippen molar-refractivity contribution in [2.75, 3.05) is 0 Å². The van der Waals surface area contributed by atoms with Crippen LogP contribution in [0.5, 0.6) is 0 Å². The maximum Gasteiger partial charge on any atom is 0.274 e. The van der Waals surface area contributed by atoms with Crippen molar-refractivity contribution in [2.24, 2.45) is 0 Å². The molecule has 0 aromatic carbocycles. The van der Waals surface area contributed by atoms with Crippen LogP contribution >= 0.6 is 0 Å². The van der Waals surface area contributed by atoms with Crippen LogP contribution in [0.2, 0.25) is 0 Å². The number of sulfonamides is 1. The summed E-state index contributed by atoms with van der Waals surface area (Å²) in [5.74, 6) is 0.743. The minimum atomic E-state index is -3.63. The standard InChI is InChI=1S/C12H16N2O4S/c1-4-8(2)14-19(15,16)12-6-5-10(17-12)11-7-9(3)13-18-11/h5-8,14H,4H2,1-3H3/t8-/m0/s1. The first-order chi connectivity index (χ1) is 8.92. The fourth-order valence-corrected chi connectivity index (χ4v) is 2.74. The lowest BCUT2D eigenvalue weighted by atomic mass is 10.3. The maximum atomic E-state index is 12.0. The molecule has 0 spiro atoms. The smallest absolute Gasteiger partial charge is 0.274 e. The van der Waals surface area contributed by atoms with Gasteiger partial charge in [0, 0.05) is 12.1 Å². The Kier molecular flexibility index (Phi) is 3.77. The molecular weight excluding hydrogens is 268 g/mol. The molecule has 0 aliphatic carbocycles. The number of aromatic nitrogens is 1. The van der Waals surface area contributed by atoms with E-state index in [4.69, 9.17) is 8.94 Å². The molecule has 104 valence electrons. The molecule has 0 aliphatic rings. The molecule has 2 aromatic heterocycles. The third-order valence-corrected chi connectivity index (χ3v) is 4.15. The van der Waals surface area contributed by atoms with Gasteiger partial charge in [-0.1, -0.05) is 12.1 Å². The number of hydrogen-bond acceptors (Lipinski definition) is 5. The molecule has 2 heterocycles. The second-order valence-corrected chi connectivity index (χ2v) is 6.03. The Hall–Kier alpha value is -1.60. The van der Waals surface area contributed by atoms with E-state index in [1.807, 2.05) is 6.92 Å². The lowest BCUT2D eigenvalue weighted by Crippen LogP contribution is -2.31. The Bertz CT molecular complexity index is 657. The molecule has 0 radical (unpaired) electrons. The summed E-state index contributed by atoms with van der Waals surface area (Å²) in [5.41, 5.74) is 0.702.